The van der Waals surface area contributed by atoms with Crippen LogP contribution >= 0.6 is 12.2 Å². The topological polar surface area (TPSA) is 29.9 Å². The van der Waals surface area contributed by atoms with Crippen molar-refractivity contribution in [1.29, 1.82) is 0 Å². The van der Waals surface area contributed by atoms with E-state index in [0.29, 0.717) is 0 Å². The Morgan fingerprint density at radius 1 is 1.64 bits per heavy atom. The molecule has 1 aliphatic carbocycles. The number of aromatic nitrogens is 2. The number of nitrogens with one attached hydrogen (secondary N) is 1. The molecule has 0 radical (unpaired) electrons. The number of hydrogen-bond donors (Lipinski definition) is 1. The van der Waals surface area contributed by atoms with E-state index in [1.165, 1.54) is 12.1 Å². The van der Waals surface area contributed by atoms with Gasteiger partial charge >= 0.3 is 0 Å². The van der Waals surface area contributed by atoms with E-state index in [9.17, 15) is 0 Å². The standard InChI is InChI=1S/C10H16N2OS/c1-8-6-11-9(14)12(8)7-10(13-2)4-3-5-10/h6H,3-5,7H2,1-2H3,(H,11,14). The first-order valence-corrected chi connectivity index (χ1v) is 5.38. The molecule has 0 unspecified atom stereocenters. The first-order valence-electron chi connectivity index (χ1n) is 4.97. The van der Waals surface area contributed by atoms with Gasteiger partial charge in [0.05, 0.1) is 12.1 Å². The van der Waals surface area contributed by atoms with Crippen molar-refractivity contribution in [2.24, 2.45) is 0 Å². The van der Waals surface area contributed by atoms with Crippen molar-refractivity contribution in [2.45, 2.75) is 38.3 Å². The van der Waals surface area contributed by atoms with Gasteiger partial charge in [-0.2, -0.15) is 0 Å². The lowest BCUT2D eigenvalue weighted by molar-refractivity contribution is -0.0840. The second-order valence-corrected chi connectivity index (χ2v) is 4.45. The molecule has 1 N–H and O–H groups in total. The maximum atomic E-state index is 5.58. The minimum atomic E-state index is 0.0468. The van der Waals surface area contributed by atoms with Crippen LogP contribution in [-0.4, -0.2) is 22.3 Å². The number of aryl methyl sites for hydroxylation is 1. The van der Waals surface area contributed by atoms with Gasteiger partial charge in [0.25, 0.3) is 0 Å². The third kappa shape index (κ3) is 1.53. The van der Waals surface area contributed by atoms with Crippen LogP contribution in [0, 0.1) is 11.7 Å². The zero-order valence-electron chi connectivity index (χ0n) is 8.67. The average molecular weight is 212 g/mol. The Hall–Kier alpha value is -0.610. The number of imidazole rings is 1. The Labute approximate surface area is 89.1 Å². The second kappa shape index (κ2) is 3.51. The number of nitrogens with zero attached hydrogens (tertiary/aromatic N) is 1. The monoisotopic (exact) mass is 212 g/mol. The molecule has 0 aromatic carbocycles. The molecule has 0 saturated heterocycles. The van der Waals surface area contributed by atoms with Gasteiger partial charge in [-0.05, 0) is 38.4 Å². The SMILES string of the molecule is COC1(Cn2c(C)c[nH]c2=S)CCC1. The molecule has 0 amide bonds. The van der Waals surface area contributed by atoms with Crippen LogP contribution in [0.3, 0.4) is 0 Å². The number of aromatic amines is 1. The number of methoxy groups -OCH3 is 1. The lowest BCUT2D eigenvalue weighted by atomic mass is 9.80. The zero-order valence-corrected chi connectivity index (χ0v) is 9.49. The summed E-state index contributed by atoms with van der Waals surface area (Å²) in [7, 11) is 1.80. The van der Waals surface area contributed by atoms with E-state index in [2.05, 4.69) is 16.5 Å². The largest absolute Gasteiger partial charge is 0.376 e. The number of hydrogen-bond acceptors (Lipinski definition) is 2. The van der Waals surface area contributed by atoms with Crippen molar-refractivity contribution in [2.75, 3.05) is 7.11 Å². The van der Waals surface area contributed by atoms with Crippen molar-refractivity contribution in [3.8, 4) is 0 Å². The van der Waals surface area contributed by atoms with Gasteiger partial charge < -0.3 is 14.3 Å². The molecule has 1 fully saturated rings. The molecule has 0 bridgehead atoms. The molecule has 1 aromatic heterocycles. The molecule has 2 rings (SSSR count). The van der Waals surface area contributed by atoms with Crippen LogP contribution < -0.4 is 0 Å². The Balaban J connectivity index is 2.21. The van der Waals surface area contributed by atoms with Crippen LogP contribution in [0.15, 0.2) is 6.20 Å². The molecule has 1 heterocycles. The fourth-order valence-electron chi connectivity index (χ4n) is 1.96. The van der Waals surface area contributed by atoms with Gasteiger partial charge in [-0.25, -0.2) is 0 Å². The summed E-state index contributed by atoms with van der Waals surface area (Å²) in [5.41, 5.74) is 1.23. The fraction of sp³-hybridized carbons (Fsp3) is 0.700. The maximum Gasteiger partial charge on any atom is 0.177 e. The van der Waals surface area contributed by atoms with Crippen molar-refractivity contribution in [3.63, 3.8) is 0 Å². The summed E-state index contributed by atoms with van der Waals surface area (Å²) in [6, 6.07) is 0. The summed E-state index contributed by atoms with van der Waals surface area (Å²) >= 11 is 5.21. The van der Waals surface area contributed by atoms with E-state index in [1.54, 1.807) is 7.11 Å². The smallest absolute Gasteiger partial charge is 0.177 e. The van der Waals surface area contributed by atoms with Crippen molar-refractivity contribution in [1.82, 2.24) is 9.55 Å². The Bertz CT molecular complexity index is 370. The first-order chi connectivity index (χ1) is 6.67. The van der Waals surface area contributed by atoms with Gasteiger partial charge in [-0.15, -0.1) is 0 Å². The highest BCUT2D eigenvalue weighted by molar-refractivity contribution is 7.71. The molecule has 4 heteroatoms. The lowest BCUT2D eigenvalue weighted by Gasteiger charge is -2.40. The van der Waals surface area contributed by atoms with Crippen LogP contribution in [0.5, 0.6) is 0 Å². The molecular weight excluding hydrogens is 196 g/mol. The highest BCUT2D eigenvalue weighted by Crippen LogP contribution is 2.36. The van der Waals surface area contributed by atoms with Gasteiger partial charge in [0.1, 0.15) is 0 Å². The van der Waals surface area contributed by atoms with Crippen LogP contribution in [0.2, 0.25) is 0 Å². The highest BCUT2D eigenvalue weighted by Gasteiger charge is 2.37. The molecule has 14 heavy (non-hydrogen) atoms. The third-order valence-corrected chi connectivity index (χ3v) is 3.56. The summed E-state index contributed by atoms with van der Waals surface area (Å²) in [5, 5.41) is 0. The predicted octanol–water partition coefficient (Wildman–Crippen LogP) is 2.42. The maximum absolute atomic E-state index is 5.58. The van der Waals surface area contributed by atoms with Gasteiger partial charge in [0.2, 0.25) is 0 Å². The van der Waals surface area contributed by atoms with Crippen molar-refractivity contribution < 1.29 is 4.74 Å². The summed E-state index contributed by atoms with van der Waals surface area (Å²) in [6.45, 7) is 2.95. The van der Waals surface area contributed by atoms with Gasteiger partial charge in [0.15, 0.2) is 4.77 Å². The Kier molecular flexibility index (Phi) is 2.49. The van der Waals surface area contributed by atoms with E-state index < -0.39 is 0 Å². The predicted molar refractivity (Wildman–Crippen MR) is 57.9 cm³/mol. The molecule has 3 nitrogen and oxygen atoms in total. The molecule has 0 spiro atoms. The van der Waals surface area contributed by atoms with Crippen LogP contribution in [0.25, 0.3) is 0 Å². The van der Waals surface area contributed by atoms with Gasteiger partial charge in [-0.3, -0.25) is 0 Å². The molecule has 0 atom stereocenters. The van der Waals surface area contributed by atoms with Crippen LogP contribution in [0.4, 0.5) is 0 Å². The summed E-state index contributed by atoms with van der Waals surface area (Å²) < 4.78 is 8.50. The first kappa shape index (κ1) is 9.93. The fourth-order valence-corrected chi connectivity index (χ4v) is 2.23. The Morgan fingerprint density at radius 2 is 2.36 bits per heavy atom. The van der Waals surface area contributed by atoms with E-state index in [1.807, 2.05) is 6.20 Å². The lowest BCUT2D eigenvalue weighted by Crippen LogP contribution is -2.43. The number of H-pyrrole nitrogens is 1. The van der Waals surface area contributed by atoms with Gasteiger partial charge in [0, 0.05) is 19.0 Å². The molecule has 1 aliphatic rings. The number of rotatable bonds is 3. The third-order valence-electron chi connectivity index (χ3n) is 3.22. The molecule has 0 aliphatic heterocycles. The zero-order chi connectivity index (χ0) is 10.2. The van der Waals surface area contributed by atoms with E-state index >= 15 is 0 Å². The molecular formula is C10H16N2OS. The number of ether oxygens (including phenoxy) is 1. The molecule has 78 valence electrons. The van der Waals surface area contributed by atoms with E-state index in [0.717, 1.165) is 24.2 Å². The van der Waals surface area contributed by atoms with Crippen molar-refractivity contribution >= 4 is 12.2 Å². The normalized spacial score (nSPS) is 19.3. The molecule has 1 saturated carbocycles. The van der Waals surface area contributed by atoms with E-state index in [-0.39, 0.29) is 5.60 Å². The minimum Gasteiger partial charge on any atom is -0.376 e. The molecule has 1 aromatic rings. The summed E-state index contributed by atoms with van der Waals surface area (Å²) in [6.07, 6.45) is 5.51. The van der Waals surface area contributed by atoms with Crippen LogP contribution in [-0.2, 0) is 11.3 Å². The minimum absolute atomic E-state index is 0.0468. The van der Waals surface area contributed by atoms with E-state index in [4.69, 9.17) is 17.0 Å². The average Bonchev–Trinajstić information content (AvgIpc) is 2.41. The quantitative estimate of drug-likeness (QED) is 0.780. The Morgan fingerprint density at radius 3 is 2.71 bits per heavy atom. The van der Waals surface area contributed by atoms with Crippen molar-refractivity contribution in [3.05, 3.63) is 16.7 Å². The summed E-state index contributed by atoms with van der Waals surface area (Å²) in [4.78, 5) is 3.05. The summed E-state index contributed by atoms with van der Waals surface area (Å²) in [5.74, 6) is 0. The van der Waals surface area contributed by atoms with Crippen LogP contribution in [0.1, 0.15) is 25.0 Å². The second-order valence-electron chi connectivity index (χ2n) is 4.06. The van der Waals surface area contributed by atoms with Gasteiger partial charge in [-0.1, -0.05) is 0 Å². The highest BCUT2D eigenvalue weighted by atomic mass is 32.1.